The first-order valence-corrected chi connectivity index (χ1v) is 6.14. The minimum Gasteiger partial charge on any atom is -0.337 e. The van der Waals surface area contributed by atoms with E-state index in [0.717, 1.165) is 25.9 Å². The maximum atomic E-state index is 12.1. The Morgan fingerprint density at radius 1 is 1.47 bits per heavy atom. The summed E-state index contributed by atoms with van der Waals surface area (Å²) in [4.78, 5) is 18.1. The number of nitrogens with two attached hydrogens (primary N) is 1. The van der Waals surface area contributed by atoms with E-state index in [-0.39, 0.29) is 11.9 Å². The number of nitrogens with zero attached hydrogens (tertiary/aromatic N) is 2. The van der Waals surface area contributed by atoms with Crippen molar-refractivity contribution in [1.29, 1.82) is 0 Å². The molecule has 1 unspecified atom stereocenters. The number of hydrogen-bond acceptors (Lipinski definition) is 3. The van der Waals surface area contributed by atoms with Gasteiger partial charge in [0.15, 0.2) is 0 Å². The summed E-state index contributed by atoms with van der Waals surface area (Å²) in [5, 5.41) is 0. The molecule has 0 aliphatic carbocycles. The quantitative estimate of drug-likeness (QED) is 0.837. The molecule has 2 N–H and O–H groups in total. The lowest BCUT2D eigenvalue weighted by molar-refractivity contribution is 0.0675. The molecule has 1 aromatic heterocycles. The molecule has 1 aliphatic rings. The molecule has 4 heteroatoms. The molecular formula is C13H19N3O. The van der Waals surface area contributed by atoms with Crippen LogP contribution in [0.3, 0.4) is 0 Å². The molecule has 2 heterocycles. The van der Waals surface area contributed by atoms with Crippen LogP contribution < -0.4 is 5.73 Å². The van der Waals surface area contributed by atoms with Gasteiger partial charge in [0, 0.05) is 25.3 Å². The minimum atomic E-state index is 0.0359. The van der Waals surface area contributed by atoms with E-state index in [1.54, 1.807) is 12.3 Å². The zero-order chi connectivity index (χ0) is 12.3. The molecular weight excluding hydrogens is 214 g/mol. The van der Waals surface area contributed by atoms with Gasteiger partial charge in [0.2, 0.25) is 0 Å². The fourth-order valence-electron chi connectivity index (χ4n) is 2.28. The van der Waals surface area contributed by atoms with Crippen molar-refractivity contribution in [1.82, 2.24) is 9.88 Å². The summed E-state index contributed by atoms with van der Waals surface area (Å²) in [7, 11) is 0. The number of pyridine rings is 1. The zero-order valence-electron chi connectivity index (χ0n) is 10.2. The number of aromatic nitrogens is 1. The Balaban J connectivity index is 1.95. The van der Waals surface area contributed by atoms with Crippen molar-refractivity contribution in [3.8, 4) is 0 Å². The van der Waals surface area contributed by atoms with Gasteiger partial charge in [-0.25, -0.2) is 0 Å². The molecule has 0 saturated carbocycles. The molecule has 1 fully saturated rings. The maximum Gasteiger partial charge on any atom is 0.272 e. The second-order valence-electron chi connectivity index (χ2n) is 4.70. The fraction of sp³-hybridized carbons (Fsp3) is 0.538. The van der Waals surface area contributed by atoms with Crippen molar-refractivity contribution in [2.45, 2.75) is 25.8 Å². The van der Waals surface area contributed by atoms with Crippen molar-refractivity contribution < 1.29 is 4.79 Å². The Morgan fingerprint density at radius 3 is 2.71 bits per heavy atom. The lowest BCUT2D eigenvalue weighted by Crippen LogP contribution is -2.42. The van der Waals surface area contributed by atoms with Gasteiger partial charge in [-0.3, -0.25) is 9.78 Å². The van der Waals surface area contributed by atoms with Crippen LogP contribution in [0, 0.1) is 5.92 Å². The van der Waals surface area contributed by atoms with Crippen molar-refractivity contribution in [3.05, 3.63) is 30.1 Å². The van der Waals surface area contributed by atoms with Gasteiger partial charge >= 0.3 is 0 Å². The van der Waals surface area contributed by atoms with Gasteiger partial charge in [-0.05, 0) is 37.8 Å². The molecule has 0 aromatic carbocycles. The first-order valence-electron chi connectivity index (χ1n) is 6.14. The highest BCUT2D eigenvalue weighted by atomic mass is 16.2. The van der Waals surface area contributed by atoms with Gasteiger partial charge in [-0.2, -0.15) is 0 Å². The highest BCUT2D eigenvalue weighted by molar-refractivity contribution is 5.92. The summed E-state index contributed by atoms with van der Waals surface area (Å²) in [6.45, 7) is 3.63. The van der Waals surface area contributed by atoms with Gasteiger partial charge in [0.05, 0.1) is 0 Å². The number of hydrogen-bond donors (Lipinski definition) is 1. The average Bonchev–Trinajstić information content (AvgIpc) is 2.39. The van der Waals surface area contributed by atoms with Crippen LogP contribution in [0.2, 0.25) is 0 Å². The molecule has 1 saturated heterocycles. The molecule has 0 bridgehead atoms. The van der Waals surface area contributed by atoms with E-state index in [1.807, 2.05) is 24.0 Å². The lowest BCUT2D eigenvalue weighted by atomic mass is 9.91. The number of carbonyl (C=O) groups excluding carboxylic acids is 1. The lowest BCUT2D eigenvalue weighted by Gasteiger charge is -2.33. The van der Waals surface area contributed by atoms with Gasteiger partial charge < -0.3 is 10.6 Å². The third kappa shape index (κ3) is 2.82. The van der Waals surface area contributed by atoms with Crippen molar-refractivity contribution in [3.63, 3.8) is 0 Å². The van der Waals surface area contributed by atoms with E-state index in [1.165, 1.54) is 0 Å². The number of piperidine rings is 1. The molecule has 17 heavy (non-hydrogen) atoms. The molecule has 4 nitrogen and oxygen atoms in total. The zero-order valence-corrected chi connectivity index (χ0v) is 10.2. The third-order valence-corrected chi connectivity index (χ3v) is 3.45. The number of amides is 1. The van der Waals surface area contributed by atoms with Gasteiger partial charge in [0.25, 0.3) is 5.91 Å². The van der Waals surface area contributed by atoms with E-state index in [2.05, 4.69) is 4.98 Å². The molecule has 1 aromatic rings. The summed E-state index contributed by atoms with van der Waals surface area (Å²) >= 11 is 0. The van der Waals surface area contributed by atoms with Gasteiger partial charge in [-0.1, -0.05) is 6.07 Å². The Bertz CT molecular complexity index is 370. The average molecular weight is 233 g/mol. The predicted octanol–water partition coefficient (Wildman–Crippen LogP) is 1.28. The number of rotatable bonds is 2. The first kappa shape index (κ1) is 12.0. The Kier molecular flexibility index (Phi) is 3.74. The van der Waals surface area contributed by atoms with Crippen LogP contribution in [-0.4, -0.2) is 34.9 Å². The Morgan fingerprint density at radius 2 is 2.18 bits per heavy atom. The standard InChI is InChI=1S/C13H19N3O/c1-10(14)11-5-8-16(9-6-11)13(17)12-4-2-3-7-15-12/h2-4,7,10-11H,5-6,8-9,14H2,1H3. The van der Waals surface area contributed by atoms with Crippen LogP contribution in [0.25, 0.3) is 0 Å². The maximum absolute atomic E-state index is 12.1. The van der Waals surface area contributed by atoms with Crippen LogP contribution in [0.1, 0.15) is 30.3 Å². The normalized spacial score (nSPS) is 19.1. The summed E-state index contributed by atoms with van der Waals surface area (Å²) in [5.41, 5.74) is 6.42. The van der Waals surface area contributed by atoms with Crippen LogP contribution in [-0.2, 0) is 0 Å². The van der Waals surface area contributed by atoms with Gasteiger partial charge in [0.1, 0.15) is 5.69 Å². The number of carbonyl (C=O) groups is 1. The monoisotopic (exact) mass is 233 g/mol. The van der Waals surface area contributed by atoms with Crippen molar-refractivity contribution >= 4 is 5.91 Å². The molecule has 0 radical (unpaired) electrons. The van der Waals surface area contributed by atoms with Crippen LogP contribution in [0.5, 0.6) is 0 Å². The molecule has 1 amide bonds. The van der Waals surface area contributed by atoms with E-state index in [0.29, 0.717) is 11.6 Å². The summed E-state index contributed by atoms with van der Waals surface area (Å²) in [6.07, 6.45) is 3.65. The molecule has 2 rings (SSSR count). The Labute approximate surface area is 102 Å². The minimum absolute atomic E-state index is 0.0359. The van der Waals surface area contributed by atoms with Gasteiger partial charge in [-0.15, -0.1) is 0 Å². The summed E-state index contributed by atoms with van der Waals surface area (Å²) in [6, 6.07) is 5.65. The van der Waals surface area contributed by atoms with Crippen molar-refractivity contribution in [2.24, 2.45) is 11.7 Å². The van der Waals surface area contributed by atoms with Crippen LogP contribution >= 0.6 is 0 Å². The number of likely N-dealkylation sites (tertiary alicyclic amines) is 1. The highest BCUT2D eigenvalue weighted by Gasteiger charge is 2.25. The molecule has 1 aliphatic heterocycles. The molecule has 1 atom stereocenters. The largest absolute Gasteiger partial charge is 0.337 e. The molecule has 92 valence electrons. The first-order chi connectivity index (χ1) is 8.18. The van der Waals surface area contributed by atoms with Crippen LogP contribution in [0.4, 0.5) is 0 Å². The third-order valence-electron chi connectivity index (χ3n) is 3.45. The highest BCUT2D eigenvalue weighted by Crippen LogP contribution is 2.20. The predicted molar refractivity (Wildman–Crippen MR) is 66.5 cm³/mol. The Hall–Kier alpha value is -1.42. The van der Waals surface area contributed by atoms with E-state index < -0.39 is 0 Å². The van der Waals surface area contributed by atoms with Crippen molar-refractivity contribution in [2.75, 3.05) is 13.1 Å². The SMILES string of the molecule is CC(N)C1CCN(C(=O)c2ccccn2)CC1. The molecule has 0 spiro atoms. The smallest absolute Gasteiger partial charge is 0.272 e. The summed E-state index contributed by atoms with van der Waals surface area (Å²) < 4.78 is 0. The fourth-order valence-corrected chi connectivity index (χ4v) is 2.28. The topological polar surface area (TPSA) is 59.2 Å². The van der Waals surface area contributed by atoms with E-state index >= 15 is 0 Å². The second kappa shape index (κ2) is 5.27. The van der Waals surface area contributed by atoms with E-state index in [9.17, 15) is 4.79 Å². The van der Waals surface area contributed by atoms with Crippen LogP contribution in [0.15, 0.2) is 24.4 Å². The second-order valence-corrected chi connectivity index (χ2v) is 4.70. The van der Waals surface area contributed by atoms with E-state index in [4.69, 9.17) is 5.73 Å². The summed E-state index contributed by atoms with van der Waals surface area (Å²) in [5.74, 6) is 0.580.